The molecule has 0 bridgehead atoms. The van der Waals surface area contributed by atoms with Crippen molar-refractivity contribution < 1.29 is 5.11 Å². The first-order chi connectivity index (χ1) is 13.7. The predicted molar refractivity (Wildman–Crippen MR) is 131 cm³/mol. The largest absolute Gasteiger partial charge is 0.508 e. The first-order valence-corrected chi connectivity index (χ1v) is 11.4. The Morgan fingerprint density at radius 2 is 1.76 bits per heavy atom. The van der Waals surface area contributed by atoms with E-state index in [4.69, 9.17) is 11.5 Å². The van der Waals surface area contributed by atoms with Crippen LogP contribution in [-0.2, 0) is 6.42 Å². The molecule has 0 aliphatic heterocycles. The third kappa shape index (κ3) is 14.9. The van der Waals surface area contributed by atoms with Crippen LogP contribution in [0.5, 0.6) is 5.75 Å². The molecule has 0 unspecified atom stereocenters. The maximum Gasteiger partial charge on any atom is 0.120 e. The summed E-state index contributed by atoms with van der Waals surface area (Å²) < 4.78 is 0. The van der Waals surface area contributed by atoms with Crippen molar-refractivity contribution >= 4 is 5.69 Å². The smallest absolute Gasteiger partial charge is 0.120 e. The molecule has 1 aromatic rings. The molecule has 1 aromatic carbocycles. The molecule has 0 atom stereocenters. The third-order valence-corrected chi connectivity index (χ3v) is 4.93. The van der Waals surface area contributed by atoms with E-state index in [1.54, 1.807) is 6.07 Å². The Hall–Kier alpha value is -1.68. The number of aryl methyl sites for hydroxylation is 1. The Labute approximate surface area is 181 Å². The Morgan fingerprint density at radius 3 is 2.28 bits per heavy atom. The van der Waals surface area contributed by atoms with E-state index in [1.807, 2.05) is 26.8 Å². The monoisotopic (exact) mass is 407 g/mol. The van der Waals surface area contributed by atoms with Crippen molar-refractivity contribution in [2.75, 3.05) is 18.8 Å². The number of nitrogens with two attached hydrogens (primary N) is 2. The normalized spacial score (nSPS) is 10.3. The summed E-state index contributed by atoms with van der Waals surface area (Å²) in [5.41, 5.74) is 15.4. The number of benzene rings is 1. The second-order valence-corrected chi connectivity index (χ2v) is 8.13. The van der Waals surface area contributed by atoms with E-state index >= 15 is 0 Å². The van der Waals surface area contributed by atoms with Gasteiger partial charge in [0.1, 0.15) is 5.75 Å². The number of nitrogen functional groups attached to an aromatic ring is 1. The molecule has 0 saturated heterocycles. The lowest BCUT2D eigenvalue weighted by atomic mass is 9.84. The summed E-state index contributed by atoms with van der Waals surface area (Å²) in [7, 11) is 0. The highest BCUT2D eigenvalue weighted by molar-refractivity contribution is 5.54. The number of hydrogen-bond donors (Lipinski definition) is 4. The lowest BCUT2D eigenvalue weighted by molar-refractivity contribution is 0.300. The summed E-state index contributed by atoms with van der Waals surface area (Å²) in [4.78, 5) is 0. The summed E-state index contributed by atoms with van der Waals surface area (Å²) in [6.45, 7) is 20.3. The minimum Gasteiger partial charge on any atom is -0.508 e. The first-order valence-electron chi connectivity index (χ1n) is 11.4. The second-order valence-electron chi connectivity index (χ2n) is 8.13. The Bertz CT molecular complexity index is 553. The van der Waals surface area contributed by atoms with Gasteiger partial charge >= 0.3 is 0 Å². The number of hydrogen-bond acceptors (Lipinski definition) is 4. The summed E-state index contributed by atoms with van der Waals surface area (Å²) >= 11 is 0. The fraction of sp³-hybridized carbons (Fsp3) is 0.680. The highest BCUT2D eigenvalue weighted by Crippen LogP contribution is 2.26. The first kappa shape index (κ1) is 29.5. The van der Waals surface area contributed by atoms with Gasteiger partial charge in [-0.2, -0.15) is 0 Å². The molecule has 0 aliphatic carbocycles. The molecule has 0 saturated carbocycles. The summed E-state index contributed by atoms with van der Waals surface area (Å²) in [6.07, 6.45) is 8.32. The number of aromatic hydroxyl groups is 1. The maximum absolute atomic E-state index is 9.47. The van der Waals surface area contributed by atoms with E-state index in [0.29, 0.717) is 11.1 Å². The zero-order chi connectivity index (χ0) is 22.9. The van der Waals surface area contributed by atoms with Crippen molar-refractivity contribution in [2.24, 2.45) is 11.1 Å². The fourth-order valence-corrected chi connectivity index (χ4v) is 2.86. The van der Waals surface area contributed by atoms with E-state index < -0.39 is 0 Å². The van der Waals surface area contributed by atoms with Crippen LogP contribution in [0.3, 0.4) is 0 Å². The Kier molecular flexibility index (Phi) is 17.5. The van der Waals surface area contributed by atoms with Gasteiger partial charge < -0.3 is 21.9 Å². The van der Waals surface area contributed by atoms with Crippen molar-refractivity contribution in [1.82, 2.24) is 5.32 Å². The molecule has 0 spiro atoms. The summed E-state index contributed by atoms with van der Waals surface area (Å²) in [5.74, 6) is 0.257. The van der Waals surface area contributed by atoms with Gasteiger partial charge in [-0.25, -0.2) is 0 Å². The highest BCUT2D eigenvalue weighted by atomic mass is 16.3. The topological polar surface area (TPSA) is 84.3 Å². The van der Waals surface area contributed by atoms with E-state index in [1.165, 1.54) is 25.7 Å². The summed E-state index contributed by atoms with van der Waals surface area (Å²) in [5, 5.41) is 12.7. The molecule has 0 amide bonds. The molecule has 0 radical (unpaired) electrons. The maximum atomic E-state index is 9.47. The molecule has 0 heterocycles. The van der Waals surface area contributed by atoms with Crippen molar-refractivity contribution in [3.8, 4) is 5.75 Å². The molecular weight excluding hydrogens is 358 g/mol. The number of allylic oxidation sites excluding steroid dienone is 1. The molecule has 0 fully saturated rings. The number of anilines is 1. The van der Waals surface area contributed by atoms with Gasteiger partial charge in [-0.05, 0) is 55.7 Å². The molecule has 6 N–H and O–H groups in total. The van der Waals surface area contributed by atoms with Crippen molar-refractivity contribution in [3.05, 3.63) is 35.5 Å². The van der Waals surface area contributed by atoms with Crippen LogP contribution < -0.4 is 16.8 Å². The van der Waals surface area contributed by atoms with Gasteiger partial charge in [-0.15, -0.1) is 0 Å². The molecule has 4 heteroatoms. The molecule has 0 aliphatic rings. The van der Waals surface area contributed by atoms with Crippen LogP contribution in [-0.4, -0.2) is 18.2 Å². The van der Waals surface area contributed by atoms with Crippen LogP contribution in [0, 0.1) is 12.3 Å². The third-order valence-electron chi connectivity index (χ3n) is 4.93. The van der Waals surface area contributed by atoms with E-state index in [9.17, 15) is 5.11 Å². The van der Waals surface area contributed by atoms with Gasteiger partial charge in [0.2, 0.25) is 0 Å². The zero-order valence-corrected chi connectivity index (χ0v) is 20.3. The molecule has 29 heavy (non-hydrogen) atoms. The average molecular weight is 408 g/mol. The van der Waals surface area contributed by atoms with Crippen LogP contribution in [0.15, 0.2) is 24.4 Å². The van der Waals surface area contributed by atoms with Gasteiger partial charge in [0.25, 0.3) is 0 Å². The van der Waals surface area contributed by atoms with Crippen LogP contribution >= 0.6 is 0 Å². The van der Waals surface area contributed by atoms with Crippen molar-refractivity contribution in [3.63, 3.8) is 0 Å². The van der Waals surface area contributed by atoms with Crippen LogP contribution in [0.4, 0.5) is 5.69 Å². The van der Waals surface area contributed by atoms with Crippen LogP contribution in [0.1, 0.15) is 91.2 Å². The Morgan fingerprint density at radius 1 is 1.14 bits per heavy atom. The minimum atomic E-state index is 0.257. The van der Waals surface area contributed by atoms with Gasteiger partial charge in [0, 0.05) is 24.0 Å². The number of nitrogens with one attached hydrogen (secondary N) is 1. The van der Waals surface area contributed by atoms with Crippen LogP contribution in [0.25, 0.3) is 0 Å². The number of phenols is 1. The van der Waals surface area contributed by atoms with Gasteiger partial charge in [-0.1, -0.05) is 73.5 Å². The zero-order valence-electron chi connectivity index (χ0n) is 20.3. The highest BCUT2D eigenvalue weighted by Gasteiger charge is 2.15. The number of rotatable bonds is 11. The SMILES string of the molecule is C=C(CC)NCCc1cc(C)c(O)cc1N.CC.CCCCCC(C)(C)CCN. The van der Waals surface area contributed by atoms with Crippen molar-refractivity contribution in [2.45, 2.75) is 93.4 Å². The molecule has 170 valence electrons. The van der Waals surface area contributed by atoms with E-state index in [-0.39, 0.29) is 5.75 Å². The quantitative estimate of drug-likeness (QED) is 0.256. The minimum absolute atomic E-state index is 0.257. The van der Waals surface area contributed by atoms with Gasteiger partial charge in [0.05, 0.1) is 0 Å². The molecular formula is C25H49N3O. The standard InChI is InChI=1S/C13H20N2O.C10H23N.C2H6/c1-4-10(3)15-6-5-11-7-9(2)13(16)8-12(11)14;1-4-5-6-7-10(2,3)8-9-11;1-2/h7-8,15-16H,3-6,14H2,1-2H3;4-9,11H2,1-3H3;1-2H3. The Balaban J connectivity index is 0. The van der Waals surface area contributed by atoms with E-state index in [0.717, 1.165) is 49.2 Å². The molecule has 0 aromatic heterocycles. The molecule has 4 nitrogen and oxygen atoms in total. The van der Waals surface area contributed by atoms with Gasteiger partial charge in [-0.3, -0.25) is 0 Å². The predicted octanol–water partition coefficient (Wildman–Crippen LogP) is 6.31. The fourth-order valence-electron chi connectivity index (χ4n) is 2.86. The number of phenolic OH excluding ortho intramolecular Hbond substituents is 1. The van der Waals surface area contributed by atoms with E-state index in [2.05, 4.69) is 39.6 Å². The van der Waals surface area contributed by atoms with Gasteiger partial charge in [0.15, 0.2) is 0 Å². The lowest BCUT2D eigenvalue weighted by Crippen LogP contribution is -2.16. The second kappa shape index (κ2) is 17.2. The lowest BCUT2D eigenvalue weighted by Gasteiger charge is -2.23. The molecule has 1 rings (SSSR count). The van der Waals surface area contributed by atoms with Crippen molar-refractivity contribution in [1.29, 1.82) is 0 Å². The average Bonchev–Trinajstić information content (AvgIpc) is 2.67. The number of unbranched alkanes of at least 4 members (excludes halogenated alkanes) is 2. The van der Waals surface area contributed by atoms with Crippen LogP contribution in [0.2, 0.25) is 0 Å². The summed E-state index contributed by atoms with van der Waals surface area (Å²) in [6, 6.07) is 3.54.